The number of Topliss-reactive ketones (excluding diaryl/α,β-unsaturated/α-hetero) is 1. The van der Waals surface area contributed by atoms with Gasteiger partial charge in [0, 0.05) is 5.56 Å². The molecule has 188 valence electrons. The van der Waals surface area contributed by atoms with Gasteiger partial charge in [-0.3, -0.25) is 14.5 Å². The summed E-state index contributed by atoms with van der Waals surface area (Å²) in [5.41, 5.74) is 2.62. The third-order valence-corrected chi connectivity index (χ3v) is 7.27. The Labute approximate surface area is 217 Å². The molecular weight excluding hydrogens is 492 g/mol. The Morgan fingerprint density at radius 2 is 1.73 bits per heavy atom. The Kier molecular flexibility index (Phi) is 6.31. The van der Waals surface area contributed by atoms with Crippen molar-refractivity contribution in [3.8, 4) is 17.2 Å². The van der Waals surface area contributed by atoms with Crippen LogP contribution >= 0.6 is 11.3 Å². The molecule has 0 aliphatic carbocycles. The summed E-state index contributed by atoms with van der Waals surface area (Å²) in [5.74, 6) is -0.518. The van der Waals surface area contributed by atoms with Gasteiger partial charge in [-0.25, -0.2) is 4.98 Å². The highest BCUT2D eigenvalue weighted by molar-refractivity contribution is 7.22. The summed E-state index contributed by atoms with van der Waals surface area (Å²) in [6, 6.07) is 16.7. The van der Waals surface area contributed by atoms with Gasteiger partial charge in [-0.05, 0) is 60.5 Å². The Hall–Kier alpha value is -4.37. The number of aliphatic hydroxyl groups is 1. The summed E-state index contributed by atoms with van der Waals surface area (Å²) in [7, 11) is 4.52. The summed E-state index contributed by atoms with van der Waals surface area (Å²) in [4.78, 5) is 33.0. The number of ketones is 1. The molecule has 1 N–H and O–H groups in total. The maximum absolute atomic E-state index is 13.5. The number of rotatable bonds is 6. The molecule has 8 nitrogen and oxygen atoms in total. The highest BCUT2D eigenvalue weighted by atomic mass is 32.1. The number of aromatic nitrogens is 1. The predicted octanol–water partition coefficient (Wildman–Crippen LogP) is 5.26. The Morgan fingerprint density at radius 1 is 0.946 bits per heavy atom. The van der Waals surface area contributed by atoms with Crippen molar-refractivity contribution in [1.29, 1.82) is 0 Å². The molecule has 0 radical (unpaired) electrons. The lowest BCUT2D eigenvalue weighted by atomic mass is 9.95. The molecule has 1 aliphatic rings. The van der Waals surface area contributed by atoms with Gasteiger partial charge >= 0.3 is 5.91 Å². The van der Waals surface area contributed by atoms with E-state index >= 15 is 0 Å². The number of nitrogens with zero attached hydrogens (tertiary/aromatic N) is 2. The molecule has 0 bridgehead atoms. The molecule has 0 spiro atoms. The minimum absolute atomic E-state index is 0.0547. The van der Waals surface area contributed by atoms with Crippen molar-refractivity contribution in [3.63, 3.8) is 0 Å². The Bertz CT molecular complexity index is 1570. The first kappa shape index (κ1) is 24.3. The highest BCUT2D eigenvalue weighted by Gasteiger charge is 2.48. The number of anilines is 1. The lowest BCUT2D eigenvalue weighted by molar-refractivity contribution is -0.132. The second-order valence-electron chi connectivity index (χ2n) is 8.48. The lowest BCUT2D eigenvalue weighted by Gasteiger charge is -2.23. The van der Waals surface area contributed by atoms with Crippen LogP contribution in [0.25, 0.3) is 16.0 Å². The molecule has 1 fully saturated rings. The van der Waals surface area contributed by atoms with Gasteiger partial charge in [0.1, 0.15) is 11.5 Å². The van der Waals surface area contributed by atoms with E-state index in [1.807, 2.05) is 25.1 Å². The second kappa shape index (κ2) is 9.59. The Morgan fingerprint density at radius 3 is 2.46 bits per heavy atom. The van der Waals surface area contributed by atoms with E-state index in [1.54, 1.807) is 42.5 Å². The number of fused-ring (bicyclic) bond motifs is 1. The van der Waals surface area contributed by atoms with Gasteiger partial charge in [-0.2, -0.15) is 0 Å². The van der Waals surface area contributed by atoms with Gasteiger partial charge in [0.05, 0.1) is 43.2 Å². The van der Waals surface area contributed by atoms with E-state index < -0.39 is 17.7 Å². The fourth-order valence-corrected chi connectivity index (χ4v) is 5.51. The monoisotopic (exact) mass is 516 g/mol. The average molecular weight is 517 g/mol. The number of benzene rings is 3. The highest BCUT2D eigenvalue weighted by Crippen LogP contribution is 2.45. The van der Waals surface area contributed by atoms with E-state index in [2.05, 4.69) is 4.98 Å². The number of ether oxygens (including phenoxy) is 3. The zero-order valence-corrected chi connectivity index (χ0v) is 21.5. The van der Waals surface area contributed by atoms with Gasteiger partial charge in [0.2, 0.25) is 0 Å². The number of amides is 1. The van der Waals surface area contributed by atoms with E-state index in [0.717, 1.165) is 15.8 Å². The molecule has 0 saturated carbocycles. The lowest BCUT2D eigenvalue weighted by Crippen LogP contribution is -2.29. The normalized spacial score (nSPS) is 16.9. The molecular formula is C28H24N2O6S. The fourth-order valence-electron chi connectivity index (χ4n) is 4.42. The Balaban J connectivity index is 1.73. The van der Waals surface area contributed by atoms with Crippen LogP contribution < -0.4 is 19.1 Å². The van der Waals surface area contributed by atoms with Crippen LogP contribution in [0.2, 0.25) is 0 Å². The molecule has 5 rings (SSSR count). The van der Waals surface area contributed by atoms with Crippen LogP contribution in [0, 0.1) is 6.92 Å². The van der Waals surface area contributed by atoms with Gasteiger partial charge in [-0.15, -0.1) is 0 Å². The number of hydrogen-bond acceptors (Lipinski definition) is 8. The zero-order valence-electron chi connectivity index (χ0n) is 20.6. The van der Waals surface area contributed by atoms with Crippen molar-refractivity contribution < 1.29 is 28.9 Å². The summed E-state index contributed by atoms with van der Waals surface area (Å²) in [6.45, 7) is 1.98. The molecule has 2 heterocycles. The molecule has 1 aliphatic heterocycles. The van der Waals surface area contributed by atoms with Crippen LogP contribution in [0.4, 0.5) is 5.13 Å². The van der Waals surface area contributed by atoms with Gasteiger partial charge in [0.15, 0.2) is 16.6 Å². The summed E-state index contributed by atoms with van der Waals surface area (Å²) in [6.07, 6.45) is 0. The number of carbonyl (C=O) groups is 2. The van der Waals surface area contributed by atoms with Crippen molar-refractivity contribution >= 4 is 44.1 Å². The summed E-state index contributed by atoms with van der Waals surface area (Å²) >= 11 is 1.31. The zero-order chi connectivity index (χ0) is 26.3. The van der Waals surface area contributed by atoms with Crippen molar-refractivity contribution in [2.75, 3.05) is 26.2 Å². The standard InChI is InChI=1S/C28H24N2O6S/c1-15-8-10-19-22(12-15)37-28(29-19)30-24(16-6-5-7-18(13-16)34-2)23(26(32)27(30)33)25(31)17-9-11-20(35-3)21(14-17)36-4/h5-14,24,31H,1-4H3/b25-23+. The quantitative estimate of drug-likeness (QED) is 0.212. The van der Waals surface area contributed by atoms with Gasteiger partial charge in [0.25, 0.3) is 5.78 Å². The molecule has 4 aromatic rings. The van der Waals surface area contributed by atoms with Crippen molar-refractivity contribution in [2.24, 2.45) is 0 Å². The maximum atomic E-state index is 13.5. The molecule has 3 aromatic carbocycles. The first-order chi connectivity index (χ1) is 17.9. The van der Waals surface area contributed by atoms with Crippen LogP contribution in [0.15, 0.2) is 66.2 Å². The summed E-state index contributed by atoms with van der Waals surface area (Å²) in [5, 5.41) is 11.8. The van der Waals surface area contributed by atoms with Crippen molar-refractivity contribution in [2.45, 2.75) is 13.0 Å². The minimum Gasteiger partial charge on any atom is -0.507 e. The van der Waals surface area contributed by atoms with Gasteiger partial charge < -0.3 is 19.3 Å². The SMILES string of the molecule is COc1cccc(C2/C(=C(\O)c3ccc(OC)c(OC)c3)C(=O)C(=O)N2c2nc3ccc(C)cc3s2)c1. The first-order valence-electron chi connectivity index (χ1n) is 11.4. The number of carbonyl (C=O) groups excluding carboxylic acids is 2. The van der Waals surface area contributed by atoms with Crippen LogP contribution in [0.1, 0.15) is 22.7 Å². The minimum atomic E-state index is -0.926. The molecule has 1 amide bonds. The number of thiazole rings is 1. The van der Waals surface area contributed by atoms with Gasteiger partial charge in [-0.1, -0.05) is 29.5 Å². The number of aryl methyl sites for hydroxylation is 1. The van der Waals surface area contributed by atoms with Crippen LogP contribution in [0.5, 0.6) is 17.2 Å². The average Bonchev–Trinajstić information content (AvgIpc) is 3.45. The largest absolute Gasteiger partial charge is 0.507 e. The molecule has 1 atom stereocenters. The first-order valence-corrected chi connectivity index (χ1v) is 12.2. The second-order valence-corrected chi connectivity index (χ2v) is 9.49. The predicted molar refractivity (Wildman–Crippen MR) is 142 cm³/mol. The molecule has 9 heteroatoms. The third kappa shape index (κ3) is 4.17. The van der Waals surface area contributed by atoms with Crippen LogP contribution in [-0.4, -0.2) is 43.1 Å². The van der Waals surface area contributed by atoms with Crippen molar-refractivity contribution in [1.82, 2.24) is 4.98 Å². The van der Waals surface area contributed by atoms with Crippen LogP contribution in [0.3, 0.4) is 0 Å². The van der Waals surface area contributed by atoms with Crippen LogP contribution in [-0.2, 0) is 9.59 Å². The number of hydrogen-bond donors (Lipinski definition) is 1. The molecule has 1 saturated heterocycles. The molecule has 1 unspecified atom stereocenters. The third-order valence-electron chi connectivity index (χ3n) is 6.25. The number of aliphatic hydroxyl groups excluding tert-OH is 1. The van der Waals surface area contributed by atoms with E-state index in [4.69, 9.17) is 14.2 Å². The van der Waals surface area contributed by atoms with E-state index in [-0.39, 0.29) is 11.3 Å². The van der Waals surface area contributed by atoms with E-state index in [1.165, 1.54) is 37.6 Å². The van der Waals surface area contributed by atoms with Crippen molar-refractivity contribution in [3.05, 3.63) is 82.9 Å². The van der Waals surface area contributed by atoms with E-state index in [0.29, 0.717) is 33.5 Å². The number of methoxy groups -OCH3 is 3. The van der Waals surface area contributed by atoms with E-state index in [9.17, 15) is 14.7 Å². The summed E-state index contributed by atoms with van der Waals surface area (Å²) < 4.78 is 16.9. The molecule has 37 heavy (non-hydrogen) atoms. The smallest absolute Gasteiger partial charge is 0.301 e. The fraction of sp³-hybridized carbons (Fsp3) is 0.179. The topological polar surface area (TPSA) is 98.2 Å². The molecule has 1 aromatic heterocycles. The maximum Gasteiger partial charge on any atom is 0.301 e.